The van der Waals surface area contributed by atoms with Gasteiger partial charge in [0, 0.05) is 25.3 Å². The fraction of sp³-hybridized carbons (Fsp3) is 0.350. The highest BCUT2D eigenvalue weighted by Crippen LogP contribution is 2.26. The summed E-state index contributed by atoms with van der Waals surface area (Å²) in [7, 11) is 3.65. The lowest BCUT2D eigenvalue weighted by Crippen LogP contribution is -2.40. The molecular weight excluding hydrogens is 317 g/mol. The van der Waals surface area contributed by atoms with Gasteiger partial charge in [-0.1, -0.05) is 30.3 Å². The van der Waals surface area contributed by atoms with Gasteiger partial charge in [0.1, 0.15) is 11.9 Å². The molecule has 0 bridgehead atoms. The molecule has 25 heavy (non-hydrogen) atoms. The first-order valence-corrected chi connectivity index (χ1v) is 8.58. The number of benzene rings is 2. The number of hydrogen-bond acceptors (Lipinski definition) is 3. The van der Waals surface area contributed by atoms with Crippen LogP contribution in [0.15, 0.2) is 48.5 Å². The van der Waals surface area contributed by atoms with Gasteiger partial charge in [0.05, 0.1) is 0 Å². The van der Waals surface area contributed by atoms with E-state index in [2.05, 4.69) is 28.4 Å². The van der Waals surface area contributed by atoms with Crippen LogP contribution in [0.2, 0.25) is 0 Å². The van der Waals surface area contributed by atoms with E-state index in [9.17, 15) is 9.18 Å². The molecule has 2 aromatic rings. The van der Waals surface area contributed by atoms with Crippen molar-refractivity contribution in [3.8, 4) is 0 Å². The first-order chi connectivity index (χ1) is 12.1. The lowest BCUT2D eigenvalue weighted by molar-refractivity contribution is -0.125. The molecule has 1 amide bonds. The standard InChI is InChI=1S/C20H24FN3O/c1-23(2)19(16-7-5-8-17(21)14-16)20(25)22-11-13-24-12-10-15-6-3-4-9-18(15)24/h3-9,14,19H,10-13H2,1-2H3,(H,22,25). The van der Waals surface area contributed by atoms with Crippen molar-refractivity contribution in [2.45, 2.75) is 12.5 Å². The van der Waals surface area contributed by atoms with Crippen LogP contribution in [-0.2, 0) is 11.2 Å². The minimum absolute atomic E-state index is 0.108. The van der Waals surface area contributed by atoms with Gasteiger partial charge in [0.15, 0.2) is 0 Å². The zero-order valence-electron chi connectivity index (χ0n) is 14.7. The van der Waals surface area contributed by atoms with Crippen LogP contribution in [0, 0.1) is 5.82 Å². The Labute approximate surface area is 148 Å². The molecular formula is C20H24FN3O. The number of halogens is 1. The molecule has 1 N–H and O–H groups in total. The van der Waals surface area contributed by atoms with Gasteiger partial charge in [0.25, 0.3) is 0 Å². The number of nitrogens with zero attached hydrogens (tertiary/aromatic N) is 2. The third-order valence-electron chi connectivity index (χ3n) is 4.59. The molecule has 0 aliphatic carbocycles. The Morgan fingerprint density at radius 2 is 2.04 bits per heavy atom. The van der Waals surface area contributed by atoms with E-state index in [0.717, 1.165) is 19.5 Å². The van der Waals surface area contributed by atoms with Crippen molar-refractivity contribution in [2.75, 3.05) is 38.6 Å². The predicted octanol–water partition coefficient (Wildman–Crippen LogP) is 2.61. The first kappa shape index (κ1) is 17.4. The number of likely N-dealkylation sites (N-methyl/N-ethyl adjacent to an activating group) is 1. The Balaban J connectivity index is 1.59. The summed E-state index contributed by atoms with van der Waals surface area (Å²) < 4.78 is 13.5. The van der Waals surface area contributed by atoms with E-state index in [1.54, 1.807) is 17.0 Å². The third-order valence-corrected chi connectivity index (χ3v) is 4.59. The summed E-state index contributed by atoms with van der Waals surface area (Å²) in [6.45, 7) is 2.31. The number of hydrogen-bond donors (Lipinski definition) is 1. The van der Waals surface area contributed by atoms with E-state index in [0.29, 0.717) is 12.1 Å². The molecule has 1 aliphatic rings. The Morgan fingerprint density at radius 3 is 2.80 bits per heavy atom. The van der Waals surface area contributed by atoms with Crippen molar-refractivity contribution in [1.82, 2.24) is 10.2 Å². The van der Waals surface area contributed by atoms with Crippen LogP contribution in [0.1, 0.15) is 17.2 Å². The lowest BCUT2D eigenvalue weighted by Gasteiger charge is -2.25. The second kappa shape index (κ2) is 7.66. The van der Waals surface area contributed by atoms with E-state index in [4.69, 9.17) is 0 Å². The van der Waals surface area contributed by atoms with Crippen LogP contribution in [-0.4, -0.2) is 44.5 Å². The molecule has 0 radical (unpaired) electrons. The SMILES string of the molecule is CN(C)C(C(=O)NCCN1CCc2ccccc21)c1cccc(F)c1. The number of para-hydroxylation sites is 1. The van der Waals surface area contributed by atoms with Crippen molar-refractivity contribution < 1.29 is 9.18 Å². The summed E-state index contributed by atoms with van der Waals surface area (Å²) in [5.41, 5.74) is 3.28. The van der Waals surface area contributed by atoms with Crippen molar-refractivity contribution >= 4 is 11.6 Å². The van der Waals surface area contributed by atoms with Crippen LogP contribution in [0.25, 0.3) is 0 Å². The summed E-state index contributed by atoms with van der Waals surface area (Å²) in [6, 6.07) is 14.1. The Bertz CT molecular complexity index is 747. The lowest BCUT2D eigenvalue weighted by atomic mass is 10.1. The second-order valence-corrected chi connectivity index (χ2v) is 6.58. The normalized spacial score (nSPS) is 14.5. The molecule has 0 spiro atoms. The van der Waals surface area contributed by atoms with Crippen LogP contribution >= 0.6 is 0 Å². The van der Waals surface area contributed by atoms with Crippen LogP contribution < -0.4 is 10.2 Å². The van der Waals surface area contributed by atoms with Gasteiger partial charge in [0.2, 0.25) is 5.91 Å². The molecule has 2 aromatic carbocycles. The van der Waals surface area contributed by atoms with Gasteiger partial charge in [-0.15, -0.1) is 0 Å². The van der Waals surface area contributed by atoms with Crippen molar-refractivity contribution in [3.63, 3.8) is 0 Å². The molecule has 0 saturated heterocycles. The van der Waals surface area contributed by atoms with E-state index in [1.165, 1.54) is 23.4 Å². The third kappa shape index (κ3) is 3.99. The summed E-state index contributed by atoms with van der Waals surface area (Å²) in [5.74, 6) is -0.436. The first-order valence-electron chi connectivity index (χ1n) is 8.58. The van der Waals surface area contributed by atoms with Crippen molar-refractivity contribution in [2.24, 2.45) is 0 Å². The van der Waals surface area contributed by atoms with E-state index >= 15 is 0 Å². The van der Waals surface area contributed by atoms with Gasteiger partial charge in [-0.05, 0) is 49.8 Å². The number of amides is 1. The van der Waals surface area contributed by atoms with Crippen LogP contribution in [0.4, 0.5) is 10.1 Å². The number of carbonyl (C=O) groups is 1. The van der Waals surface area contributed by atoms with Gasteiger partial charge < -0.3 is 10.2 Å². The van der Waals surface area contributed by atoms with Crippen molar-refractivity contribution in [1.29, 1.82) is 0 Å². The number of rotatable bonds is 6. The summed E-state index contributed by atoms with van der Waals surface area (Å²) in [4.78, 5) is 16.7. The van der Waals surface area contributed by atoms with E-state index in [-0.39, 0.29) is 11.7 Å². The maximum Gasteiger partial charge on any atom is 0.242 e. The molecule has 1 aliphatic heterocycles. The Kier molecular flexibility index (Phi) is 5.34. The average molecular weight is 341 g/mol. The number of carbonyl (C=O) groups excluding carboxylic acids is 1. The fourth-order valence-corrected chi connectivity index (χ4v) is 3.41. The van der Waals surface area contributed by atoms with Gasteiger partial charge in [-0.3, -0.25) is 9.69 Å². The maximum atomic E-state index is 13.5. The number of nitrogens with one attached hydrogen (secondary N) is 1. The molecule has 5 heteroatoms. The molecule has 132 valence electrons. The number of fused-ring (bicyclic) bond motifs is 1. The molecule has 1 atom stereocenters. The average Bonchev–Trinajstić information content (AvgIpc) is 2.98. The van der Waals surface area contributed by atoms with Crippen LogP contribution in [0.3, 0.4) is 0 Å². The fourth-order valence-electron chi connectivity index (χ4n) is 3.41. The Hall–Kier alpha value is -2.40. The van der Waals surface area contributed by atoms with Gasteiger partial charge in [-0.2, -0.15) is 0 Å². The highest BCUT2D eigenvalue weighted by molar-refractivity contribution is 5.83. The molecule has 1 heterocycles. The minimum Gasteiger partial charge on any atom is -0.369 e. The quantitative estimate of drug-likeness (QED) is 0.877. The summed E-state index contributed by atoms with van der Waals surface area (Å²) in [6.07, 6.45) is 1.05. The monoisotopic (exact) mass is 341 g/mol. The molecule has 0 saturated carbocycles. The molecule has 0 fully saturated rings. The molecule has 4 nitrogen and oxygen atoms in total. The molecule has 0 aromatic heterocycles. The largest absolute Gasteiger partial charge is 0.369 e. The second-order valence-electron chi connectivity index (χ2n) is 6.58. The zero-order valence-corrected chi connectivity index (χ0v) is 14.7. The maximum absolute atomic E-state index is 13.5. The molecule has 3 rings (SSSR count). The van der Waals surface area contributed by atoms with E-state index in [1.807, 2.05) is 20.2 Å². The number of anilines is 1. The topological polar surface area (TPSA) is 35.6 Å². The summed E-state index contributed by atoms with van der Waals surface area (Å²) in [5, 5.41) is 3.00. The van der Waals surface area contributed by atoms with Crippen LogP contribution in [0.5, 0.6) is 0 Å². The van der Waals surface area contributed by atoms with E-state index < -0.39 is 6.04 Å². The predicted molar refractivity (Wildman–Crippen MR) is 98.2 cm³/mol. The van der Waals surface area contributed by atoms with Gasteiger partial charge in [-0.25, -0.2) is 4.39 Å². The Morgan fingerprint density at radius 1 is 1.24 bits per heavy atom. The smallest absolute Gasteiger partial charge is 0.242 e. The summed E-state index contributed by atoms with van der Waals surface area (Å²) >= 11 is 0. The zero-order chi connectivity index (χ0) is 17.8. The van der Waals surface area contributed by atoms with Gasteiger partial charge >= 0.3 is 0 Å². The minimum atomic E-state index is -0.499. The molecule has 1 unspecified atom stereocenters. The van der Waals surface area contributed by atoms with Crippen molar-refractivity contribution in [3.05, 3.63) is 65.5 Å². The highest BCUT2D eigenvalue weighted by Gasteiger charge is 2.24. The highest BCUT2D eigenvalue weighted by atomic mass is 19.1.